The second kappa shape index (κ2) is 8.71. The van der Waals surface area contributed by atoms with Crippen molar-refractivity contribution in [2.75, 3.05) is 4.90 Å². The highest BCUT2D eigenvalue weighted by Gasteiger charge is 2.22. The third kappa shape index (κ3) is 4.26. The van der Waals surface area contributed by atoms with Crippen LogP contribution in [0.3, 0.4) is 0 Å². The zero-order valence-electron chi connectivity index (χ0n) is 18.6. The average molecular weight is 433 g/mol. The molecule has 0 saturated carbocycles. The van der Waals surface area contributed by atoms with Crippen LogP contribution in [-0.2, 0) is 13.6 Å². The van der Waals surface area contributed by atoms with E-state index in [-0.39, 0.29) is 5.91 Å². The summed E-state index contributed by atoms with van der Waals surface area (Å²) in [6, 6.07) is 30.2. The van der Waals surface area contributed by atoms with Gasteiger partial charge in [-0.2, -0.15) is 5.10 Å². The van der Waals surface area contributed by atoms with E-state index >= 15 is 0 Å². The topological polar surface area (TPSA) is 51.0 Å². The molecule has 0 radical (unpaired) electrons. The monoisotopic (exact) mass is 432 g/mol. The molecule has 5 heteroatoms. The molecule has 0 N–H and O–H groups in total. The number of pyridine rings is 1. The molecular formula is C28H24N4O. The van der Waals surface area contributed by atoms with Crippen LogP contribution in [0.1, 0.15) is 21.7 Å². The Kier molecular flexibility index (Phi) is 5.45. The summed E-state index contributed by atoms with van der Waals surface area (Å²) >= 11 is 0. The Morgan fingerprint density at radius 3 is 2.42 bits per heavy atom. The number of fused-ring (bicyclic) bond motifs is 1. The van der Waals surface area contributed by atoms with Gasteiger partial charge in [-0.05, 0) is 53.9 Å². The maximum absolute atomic E-state index is 13.7. The fourth-order valence-corrected chi connectivity index (χ4v) is 3.95. The number of para-hydroxylation sites is 1. The molecule has 0 aliphatic heterocycles. The quantitative estimate of drug-likeness (QED) is 0.353. The third-order valence-electron chi connectivity index (χ3n) is 5.83. The standard InChI is InChI=1S/C28H24N4O/c1-20-15-27(30-31(20)2)28(33)32(19-21-16-24-11-6-7-14-26(24)29-18-21)25-13-8-12-23(17-25)22-9-4-3-5-10-22/h3-18H,19H2,1-2H3. The lowest BCUT2D eigenvalue weighted by Gasteiger charge is -2.23. The molecule has 0 atom stereocenters. The van der Waals surface area contributed by atoms with E-state index in [0.29, 0.717) is 12.2 Å². The first-order valence-corrected chi connectivity index (χ1v) is 10.9. The van der Waals surface area contributed by atoms with Crippen LogP contribution in [0.25, 0.3) is 22.0 Å². The molecule has 0 fully saturated rings. The van der Waals surface area contributed by atoms with Gasteiger partial charge in [-0.3, -0.25) is 14.5 Å². The minimum Gasteiger partial charge on any atom is -0.302 e. The number of aryl methyl sites for hydroxylation is 2. The van der Waals surface area contributed by atoms with E-state index < -0.39 is 0 Å². The molecule has 0 spiro atoms. The van der Waals surface area contributed by atoms with E-state index in [1.807, 2.05) is 80.8 Å². The molecule has 0 aliphatic rings. The van der Waals surface area contributed by atoms with Gasteiger partial charge in [0.05, 0.1) is 12.1 Å². The fourth-order valence-electron chi connectivity index (χ4n) is 3.95. The fraction of sp³-hybridized carbons (Fsp3) is 0.107. The molecule has 33 heavy (non-hydrogen) atoms. The summed E-state index contributed by atoms with van der Waals surface area (Å²) in [6.07, 6.45) is 1.84. The molecule has 3 aromatic carbocycles. The number of carbonyl (C=O) groups excluding carboxylic acids is 1. The van der Waals surface area contributed by atoms with Crippen molar-refractivity contribution < 1.29 is 4.79 Å². The second-order valence-electron chi connectivity index (χ2n) is 8.14. The Balaban J connectivity index is 1.57. The summed E-state index contributed by atoms with van der Waals surface area (Å²) in [7, 11) is 1.85. The average Bonchev–Trinajstić information content (AvgIpc) is 3.20. The van der Waals surface area contributed by atoms with E-state index in [2.05, 4.69) is 40.4 Å². The molecule has 5 aromatic rings. The Morgan fingerprint density at radius 2 is 1.64 bits per heavy atom. The van der Waals surface area contributed by atoms with Crippen LogP contribution in [-0.4, -0.2) is 20.7 Å². The molecule has 0 unspecified atom stereocenters. The Morgan fingerprint density at radius 1 is 0.879 bits per heavy atom. The van der Waals surface area contributed by atoms with Gasteiger partial charge in [-0.15, -0.1) is 0 Å². The molecule has 2 heterocycles. The summed E-state index contributed by atoms with van der Waals surface area (Å²) < 4.78 is 1.73. The molecule has 0 bridgehead atoms. The Bertz CT molecular complexity index is 1420. The SMILES string of the molecule is Cc1cc(C(=O)N(Cc2cnc3ccccc3c2)c2cccc(-c3ccccc3)c2)nn1C. The summed E-state index contributed by atoms with van der Waals surface area (Å²) in [5.41, 5.74) is 6.23. The summed E-state index contributed by atoms with van der Waals surface area (Å²) in [5.74, 6) is -0.142. The van der Waals surface area contributed by atoms with Crippen molar-refractivity contribution in [1.29, 1.82) is 0 Å². The van der Waals surface area contributed by atoms with Crippen molar-refractivity contribution in [3.05, 3.63) is 114 Å². The highest BCUT2D eigenvalue weighted by molar-refractivity contribution is 6.05. The maximum atomic E-state index is 13.7. The predicted molar refractivity (Wildman–Crippen MR) is 132 cm³/mol. The molecule has 5 rings (SSSR count). The van der Waals surface area contributed by atoms with Crippen LogP contribution in [0, 0.1) is 6.92 Å². The predicted octanol–water partition coefficient (Wildman–Crippen LogP) is 5.79. The Hall–Kier alpha value is -4.25. The smallest absolute Gasteiger partial charge is 0.279 e. The number of hydrogen-bond donors (Lipinski definition) is 0. The number of aromatic nitrogens is 3. The molecular weight excluding hydrogens is 408 g/mol. The summed E-state index contributed by atoms with van der Waals surface area (Å²) in [4.78, 5) is 20.0. The van der Waals surface area contributed by atoms with Gasteiger partial charge in [0, 0.05) is 30.0 Å². The van der Waals surface area contributed by atoms with Crippen molar-refractivity contribution in [2.45, 2.75) is 13.5 Å². The van der Waals surface area contributed by atoms with Gasteiger partial charge >= 0.3 is 0 Å². The molecule has 0 saturated heterocycles. The maximum Gasteiger partial charge on any atom is 0.279 e. The van der Waals surface area contributed by atoms with Crippen LogP contribution in [0.5, 0.6) is 0 Å². The van der Waals surface area contributed by atoms with Gasteiger partial charge < -0.3 is 4.90 Å². The van der Waals surface area contributed by atoms with Gasteiger partial charge in [-0.1, -0.05) is 60.7 Å². The number of benzene rings is 3. The lowest BCUT2D eigenvalue weighted by atomic mass is 10.0. The van der Waals surface area contributed by atoms with E-state index in [4.69, 9.17) is 0 Å². The van der Waals surface area contributed by atoms with Crippen LogP contribution < -0.4 is 4.90 Å². The minimum atomic E-state index is -0.142. The summed E-state index contributed by atoms with van der Waals surface area (Å²) in [5, 5.41) is 5.49. The second-order valence-corrected chi connectivity index (χ2v) is 8.14. The van der Waals surface area contributed by atoms with Gasteiger partial charge in [0.25, 0.3) is 5.91 Å². The normalized spacial score (nSPS) is 11.0. The van der Waals surface area contributed by atoms with E-state index in [0.717, 1.165) is 39.0 Å². The molecule has 162 valence electrons. The lowest BCUT2D eigenvalue weighted by Crippen LogP contribution is -2.31. The van der Waals surface area contributed by atoms with Crippen molar-refractivity contribution in [2.24, 2.45) is 7.05 Å². The first-order valence-electron chi connectivity index (χ1n) is 10.9. The lowest BCUT2D eigenvalue weighted by molar-refractivity contribution is 0.0979. The van der Waals surface area contributed by atoms with Gasteiger partial charge in [0.15, 0.2) is 5.69 Å². The zero-order chi connectivity index (χ0) is 22.8. The van der Waals surface area contributed by atoms with Gasteiger partial charge in [-0.25, -0.2) is 0 Å². The molecule has 5 nitrogen and oxygen atoms in total. The molecule has 2 aromatic heterocycles. The number of anilines is 1. The van der Waals surface area contributed by atoms with Gasteiger partial charge in [0.1, 0.15) is 0 Å². The van der Waals surface area contributed by atoms with Crippen molar-refractivity contribution in [1.82, 2.24) is 14.8 Å². The summed E-state index contributed by atoms with van der Waals surface area (Å²) in [6.45, 7) is 2.34. The first kappa shape index (κ1) is 20.6. The van der Waals surface area contributed by atoms with E-state index in [1.54, 1.807) is 9.58 Å². The van der Waals surface area contributed by atoms with E-state index in [9.17, 15) is 4.79 Å². The van der Waals surface area contributed by atoms with Crippen molar-refractivity contribution in [3.63, 3.8) is 0 Å². The first-order chi connectivity index (χ1) is 16.1. The number of rotatable bonds is 5. The Labute approximate surface area is 192 Å². The highest BCUT2D eigenvalue weighted by atomic mass is 16.2. The van der Waals surface area contributed by atoms with Crippen LogP contribution in [0.2, 0.25) is 0 Å². The van der Waals surface area contributed by atoms with Crippen LogP contribution >= 0.6 is 0 Å². The molecule has 1 amide bonds. The minimum absolute atomic E-state index is 0.142. The van der Waals surface area contributed by atoms with Crippen LogP contribution in [0.15, 0.2) is 97.2 Å². The number of amides is 1. The largest absolute Gasteiger partial charge is 0.302 e. The van der Waals surface area contributed by atoms with Gasteiger partial charge in [0.2, 0.25) is 0 Å². The van der Waals surface area contributed by atoms with E-state index in [1.165, 1.54) is 0 Å². The van der Waals surface area contributed by atoms with Crippen molar-refractivity contribution in [3.8, 4) is 11.1 Å². The molecule has 0 aliphatic carbocycles. The number of carbonyl (C=O) groups is 1. The highest BCUT2D eigenvalue weighted by Crippen LogP contribution is 2.27. The van der Waals surface area contributed by atoms with Crippen molar-refractivity contribution >= 4 is 22.5 Å². The van der Waals surface area contributed by atoms with Crippen LogP contribution in [0.4, 0.5) is 5.69 Å². The third-order valence-corrected chi connectivity index (χ3v) is 5.83. The number of nitrogens with zero attached hydrogens (tertiary/aromatic N) is 4. The zero-order valence-corrected chi connectivity index (χ0v) is 18.6. The number of hydrogen-bond acceptors (Lipinski definition) is 3.